The van der Waals surface area contributed by atoms with E-state index >= 15 is 0 Å². The Hall–Kier alpha value is -0.840. The molecule has 0 amide bonds. The van der Waals surface area contributed by atoms with Crippen molar-refractivity contribution in [3.05, 3.63) is 35.4 Å². The fraction of sp³-hybridized carbons (Fsp3) is 0.462. The van der Waals surface area contributed by atoms with Crippen molar-refractivity contribution < 1.29 is 15.0 Å². The first-order chi connectivity index (χ1) is 8.17. The van der Waals surface area contributed by atoms with Crippen molar-refractivity contribution in [3.8, 4) is 0 Å². The summed E-state index contributed by atoms with van der Waals surface area (Å²) in [6.45, 7) is 1.81. The van der Waals surface area contributed by atoms with Crippen LogP contribution in [0.25, 0.3) is 0 Å². The van der Waals surface area contributed by atoms with E-state index in [0.29, 0.717) is 17.1 Å². The standard InChI is InChI=1S/C13H18O3S/c1-2-10-3-5-11(6-4-10)13(16)9-17-8-12(15)7-14/h3-6,12,14-15H,2,7-9H2,1H3. The van der Waals surface area contributed by atoms with Crippen LogP contribution in [0.2, 0.25) is 0 Å². The fourth-order valence-corrected chi connectivity index (χ4v) is 2.20. The van der Waals surface area contributed by atoms with Crippen LogP contribution in [0.4, 0.5) is 0 Å². The van der Waals surface area contributed by atoms with Crippen LogP contribution in [0.3, 0.4) is 0 Å². The average molecular weight is 254 g/mol. The summed E-state index contributed by atoms with van der Waals surface area (Å²) in [6, 6.07) is 7.59. The van der Waals surface area contributed by atoms with Gasteiger partial charge in [-0.05, 0) is 12.0 Å². The molecule has 0 radical (unpaired) electrons. The topological polar surface area (TPSA) is 57.5 Å². The van der Waals surface area contributed by atoms with Gasteiger partial charge in [0.15, 0.2) is 5.78 Å². The number of hydrogen-bond donors (Lipinski definition) is 2. The van der Waals surface area contributed by atoms with E-state index in [-0.39, 0.29) is 12.4 Å². The van der Waals surface area contributed by atoms with E-state index in [9.17, 15) is 4.79 Å². The van der Waals surface area contributed by atoms with Gasteiger partial charge in [0.05, 0.1) is 18.5 Å². The summed E-state index contributed by atoms with van der Waals surface area (Å²) in [5, 5.41) is 17.8. The second kappa shape index (κ2) is 7.48. The molecule has 2 N–H and O–H groups in total. The van der Waals surface area contributed by atoms with Gasteiger partial charge in [-0.25, -0.2) is 0 Å². The number of hydrogen-bond acceptors (Lipinski definition) is 4. The first kappa shape index (κ1) is 14.2. The zero-order valence-corrected chi connectivity index (χ0v) is 10.7. The van der Waals surface area contributed by atoms with Gasteiger partial charge in [0.1, 0.15) is 0 Å². The van der Waals surface area contributed by atoms with Crippen LogP contribution < -0.4 is 0 Å². The Morgan fingerprint density at radius 2 is 2.00 bits per heavy atom. The van der Waals surface area contributed by atoms with Gasteiger partial charge >= 0.3 is 0 Å². The van der Waals surface area contributed by atoms with Crippen molar-refractivity contribution in [2.24, 2.45) is 0 Å². The van der Waals surface area contributed by atoms with E-state index < -0.39 is 6.10 Å². The predicted molar refractivity (Wildman–Crippen MR) is 70.6 cm³/mol. The van der Waals surface area contributed by atoms with Crippen LogP contribution in [0.5, 0.6) is 0 Å². The molecule has 0 bridgehead atoms. The molecule has 0 saturated carbocycles. The number of Topliss-reactive ketones (excluding diaryl/α,β-unsaturated/α-hetero) is 1. The zero-order chi connectivity index (χ0) is 12.7. The molecular formula is C13H18O3S. The van der Waals surface area contributed by atoms with Gasteiger partial charge in [0.25, 0.3) is 0 Å². The number of carbonyl (C=O) groups is 1. The smallest absolute Gasteiger partial charge is 0.172 e. The molecule has 0 aliphatic heterocycles. The minimum absolute atomic E-state index is 0.0581. The highest BCUT2D eigenvalue weighted by Gasteiger charge is 2.08. The highest BCUT2D eigenvalue weighted by atomic mass is 32.2. The molecule has 1 atom stereocenters. The SMILES string of the molecule is CCc1ccc(C(=O)CSCC(O)CO)cc1. The van der Waals surface area contributed by atoms with Crippen LogP contribution in [-0.4, -0.2) is 40.2 Å². The lowest BCUT2D eigenvalue weighted by Crippen LogP contribution is -2.16. The van der Waals surface area contributed by atoms with Gasteiger partial charge in [-0.3, -0.25) is 4.79 Å². The second-order valence-corrected chi connectivity index (χ2v) is 4.86. The van der Waals surface area contributed by atoms with Crippen LogP contribution in [0.1, 0.15) is 22.8 Å². The van der Waals surface area contributed by atoms with Crippen molar-refractivity contribution in [2.75, 3.05) is 18.1 Å². The number of carbonyl (C=O) groups excluding carboxylic acids is 1. The molecule has 1 aromatic rings. The lowest BCUT2D eigenvalue weighted by Gasteiger charge is -2.06. The summed E-state index contributed by atoms with van der Waals surface area (Å²) in [6.07, 6.45) is 0.224. The van der Waals surface area contributed by atoms with Crippen molar-refractivity contribution in [1.82, 2.24) is 0 Å². The van der Waals surface area contributed by atoms with E-state index in [1.807, 2.05) is 24.3 Å². The maximum atomic E-state index is 11.7. The Bertz CT molecular complexity index is 348. The van der Waals surface area contributed by atoms with Gasteiger partial charge in [-0.15, -0.1) is 0 Å². The monoisotopic (exact) mass is 254 g/mol. The highest BCUT2D eigenvalue weighted by Crippen LogP contribution is 2.10. The van der Waals surface area contributed by atoms with Gasteiger partial charge in [-0.2, -0.15) is 11.8 Å². The molecule has 94 valence electrons. The number of aliphatic hydroxyl groups excluding tert-OH is 2. The summed E-state index contributed by atoms with van der Waals surface area (Å²) >= 11 is 1.34. The van der Waals surface area contributed by atoms with Crippen LogP contribution in [0.15, 0.2) is 24.3 Å². The van der Waals surface area contributed by atoms with Gasteiger partial charge < -0.3 is 10.2 Å². The summed E-state index contributed by atoms with van der Waals surface area (Å²) in [5.41, 5.74) is 1.91. The van der Waals surface area contributed by atoms with E-state index in [2.05, 4.69) is 6.92 Å². The first-order valence-corrected chi connectivity index (χ1v) is 6.81. The first-order valence-electron chi connectivity index (χ1n) is 5.66. The minimum atomic E-state index is -0.740. The van der Waals surface area contributed by atoms with E-state index in [4.69, 9.17) is 10.2 Å². The summed E-state index contributed by atoms with van der Waals surface area (Å²) < 4.78 is 0. The third-order valence-corrected chi connectivity index (χ3v) is 3.53. The Morgan fingerprint density at radius 3 is 2.53 bits per heavy atom. The number of thioether (sulfide) groups is 1. The molecule has 0 aliphatic rings. The lowest BCUT2D eigenvalue weighted by atomic mass is 10.1. The Kier molecular flexibility index (Phi) is 6.26. The number of aliphatic hydroxyl groups is 2. The molecule has 1 aromatic carbocycles. The summed E-state index contributed by atoms with van der Waals surface area (Å²) in [7, 11) is 0. The maximum Gasteiger partial charge on any atom is 0.172 e. The van der Waals surface area contributed by atoms with Crippen molar-refractivity contribution in [1.29, 1.82) is 0 Å². The zero-order valence-electron chi connectivity index (χ0n) is 9.93. The van der Waals surface area contributed by atoms with Crippen LogP contribution in [0, 0.1) is 0 Å². The number of benzene rings is 1. The van der Waals surface area contributed by atoms with E-state index in [0.717, 1.165) is 6.42 Å². The van der Waals surface area contributed by atoms with Crippen LogP contribution >= 0.6 is 11.8 Å². The molecule has 0 spiro atoms. The molecule has 0 heterocycles. The van der Waals surface area contributed by atoms with Crippen LogP contribution in [-0.2, 0) is 6.42 Å². The lowest BCUT2D eigenvalue weighted by molar-refractivity contribution is 0.102. The largest absolute Gasteiger partial charge is 0.394 e. The predicted octanol–water partition coefficient (Wildman–Crippen LogP) is 1.52. The number of rotatable bonds is 7. The molecule has 4 heteroatoms. The molecule has 3 nitrogen and oxygen atoms in total. The van der Waals surface area contributed by atoms with E-state index in [1.165, 1.54) is 17.3 Å². The average Bonchev–Trinajstić information content (AvgIpc) is 2.38. The number of aryl methyl sites for hydroxylation is 1. The molecule has 17 heavy (non-hydrogen) atoms. The fourth-order valence-electron chi connectivity index (χ4n) is 1.35. The summed E-state index contributed by atoms with van der Waals surface area (Å²) in [5.74, 6) is 0.778. The van der Waals surface area contributed by atoms with Gasteiger partial charge in [0.2, 0.25) is 0 Å². The molecule has 0 saturated heterocycles. The maximum absolute atomic E-state index is 11.7. The van der Waals surface area contributed by atoms with Crippen molar-refractivity contribution in [2.45, 2.75) is 19.4 Å². The quantitative estimate of drug-likeness (QED) is 0.724. The second-order valence-electron chi connectivity index (χ2n) is 3.83. The molecule has 1 unspecified atom stereocenters. The van der Waals surface area contributed by atoms with Gasteiger partial charge in [0, 0.05) is 11.3 Å². The third-order valence-electron chi connectivity index (χ3n) is 2.44. The molecular weight excluding hydrogens is 236 g/mol. The molecule has 0 aromatic heterocycles. The molecule has 0 aliphatic carbocycles. The normalized spacial score (nSPS) is 12.4. The molecule has 1 rings (SSSR count). The third kappa shape index (κ3) is 4.89. The Balaban J connectivity index is 2.41. The van der Waals surface area contributed by atoms with Gasteiger partial charge in [-0.1, -0.05) is 31.2 Å². The molecule has 0 fully saturated rings. The minimum Gasteiger partial charge on any atom is -0.394 e. The Morgan fingerprint density at radius 1 is 1.35 bits per heavy atom. The highest BCUT2D eigenvalue weighted by molar-refractivity contribution is 8.00. The summed E-state index contributed by atoms with van der Waals surface area (Å²) in [4.78, 5) is 11.7. The van der Waals surface area contributed by atoms with E-state index in [1.54, 1.807) is 0 Å². The Labute approximate surface area is 106 Å². The number of ketones is 1. The van der Waals surface area contributed by atoms with Crippen molar-refractivity contribution in [3.63, 3.8) is 0 Å². The van der Waals surface area contributed by atoms with Crippen molar-refractivity contribution >= 4 is 17.5 Å².